The van der Waals surface area contributed by atoms with E-state index in [4.69, 9.17) is 5.11 Å². The number of carbonyl (C=O) groups is 2. The van der Waals surface area contributed by atoms with Crippen LogP contribution in [0.5, 0.6) is 0 Å². The van der Waals surface area contributed by atoms with Crippen LogP contribution < -0.4 is 5.32 Å². The van der Waals surface area contributed by atoms with Crippen molar-refractivity contribution in [2.24, 2.45) is 0 Å². The first-order chi connectivity index (χ1) is 9.21. The number of aliphatic carboxylic acids is 1. The molecule has 0 aliphatic carbocycles. The van der Waals surface area contributed by atoms with Crippen LogP contribution in [0.2, 0.25) is 0 Å². The van der Waals surface area contributed by atoms with Gasteiger partial charge in [-0.05, 0) is 18.1 Å². The van der Waals surface area contributed by atoms with Crippen LogP contribution in [-0.2, 0) is 25.2 Å². The van der Waals surface area contributed by atoms with Crippen LogP contribution in [0.25, 0.3) is 0 Å². The first kappa shape index (κ1) is 16.2. The molecule has 1 unspecified atom stereocenters. The number of hydrogen-bond donors (Lipinski definition) is 2. The molecule has 0 bridgehead atoms. The summed E-state index contributed by atoms with van der Waals surface area (Å²) in [4.78, 5) is 21.8. The molecule has 0 heterocycles. The molecule has 0 saturated heterocycles. The molecule has 1 aromatic carbocycles. The molecule has 0 aliphatic heterocycles. The van der Waals surface area contributed by atoms with Crippen LogP contribution in [0.4, 0.5) is 0 Å². The summed E-state index contributed by atoms with van der Waals surface area (Å²) in [6, 6.07) is 5.55. The maximum atomic E-state index is 12.0. The highest BCUT2D eigenvalue weighted by atomic mass is 32.2. The van der Waals surface area contributed by atoms with E-state index in [2.05, 4.69) is 5.32 Å². The Morgan fingerprint density at radius 3 is 2.40 bits per heavy atom. The van der Waals surface area contributed by atoms with Gasteiger partial charge < -0.3 is 10.4 Å². The van der Waals surface area contributed by atoms with E-state index in [0.717, 1.165) is 12.5 Å². The molecule has 0 aromatic heterocycles. The van der Waals surface area contributed by atoms with Gasteiger partial charge in [-0.15, -0.1) is 0 Å². The molecule has 0 fully saturated rings. The zero-order chi connectivity index (χ0) is 15.3. The van der Waals surface area contributed by atoms with Crippen molar-refractivity contribution in [2.75, 3.05) is 5.75 Å². The molecule has 0 radical (unpaired) electrons. The van der Waals surface area contributed by atoms with Crippen LogP contribution in [0, 0.1) is 6.92 Å². The van der Waals surface area contributed by atoms with Gasteiger partial charge in [-0.3, -0.25) is 4.79 Å². The average Bonchev–Trinajstić information content (AvgIpc) is 2.30. The number of carbonyl (C=O) groups excluding carboxylic acids is 1. The van der Waals surface area contributed by atoms with E-state index < -0.39 is 33.5 Å². The predicted molar refractivity (Wildman–Crippen MR) is 73.9 cm³/mol. The van der Waals surface area contributed by atoms with Gasteiger partial charge in [0.05, 0.1) is 11.5 Å². The zero-order valence-electron chi connectivity index (χ0n) is 11.3. The molecule has 7 heteroatoms. The van der Waals surface area contributed by atoms with E-state index in [1.807, 2.05) is 0 Å². The molecule has 110 valence electrons. The maximum absolute atomic E-state index is 12.0. The fourth-order valence-electron chi connectivity index (χ4n) is 1.74. The number of benzene rings is 1. The van der Waals surface area contributed by atoms with Crippen molar-refractivity contribution in [1.29, 1.82) is 0 Å². The second kappa shape index (κ2) is 6.51. The Kier molecular flexibility index (Phi) is 5.26. The maximum Gasteiger partial charge on any atom is 0.327 e. The fourth-order valence-corrected chi connectivity index (χ4v) is 3.39. The lowest BCUT2D eigenvalue weighted by atomic mass is 10.1. The van der Waals surface area contributed by atoms with Crippen LogP contribution in [0.1, 0.15) is 18.1 Å². The molecule has 1 atom stereocenters. The van der Waals surface area contributed by atoms with E-state index in [1.165, 1.54) is 0 Å². The number of hydrogen-bond acceptors (Lipinski definition) is 4. The van der Waals surface area contributed by atoms with Gasteiger partial charge in [-0.2, -0.15) is 0 Å². The minimum absolute atomic E-state index is 0.247. The smallest absolute Gasteiger partial charge is 0.327 e. The summed E-state index contributed by atoms with van der Waals surface area (Å²) in [6.07, 6.45) is 0. The minimum atomic E-state index is -3.64. The molecule has 1 amide bonds. The largest absolute Gasteiger partial charge is 0.480 e. The van der Waals surface area contributed by atoms with Gasteiger partial charge in [-0.1, -0.05) is 24.3 Å². The van der Waals surface area contributed by atoms with Crippen LogP contribution in [0.15, 0.2) is 24.3 Å². The fraction of sp³-hybridized carbons (Fsp3) is 0.385. The summed E-state index contributed by atoms with van der Waals surface area (Å²) in [5, 5.41) is 11.0. The van der Waals surface area contributed by atoms with Gasteiger partial charge in [0.25, 0.3) is 0 Å². The Morgan fingerprint density at radius 2 is 1.90 bits per heavy atom. The van der Waals surface area contributed by atoms with Crippen molar-refractivity contribution in [2.45, 2.75) is 25.6 Å². The van der Waals surface area contributed by atoms with Gasteiger partial charge >= 0.3 is 5.97 Å². The summed E-state index contributed by atoms with van der Waals surface area (Å²) in [5.74, 6) is -2.82. The highest BCUT2D eigenvalue weighted by molar-refractivity contribution is 7.90. The number of aryl methyl sites for hydroxylation is 1. The quantitative estimate of drug-likeness (QED) is 0.796. The predicted octanol–water partition coefficient (Wildman–Crippen LogP) is 0.499. The van der Waals surface area contributed by atoms with Gasteiger partial charge in [-0.25, -0.2) is 13.2 Å². The lowest BCUT2D eigenvalue weighted by Crippen LogP contribution is -2.44. The Bertz CT molecular complexity index is 609. The highest BCUT2D eigenvalue weighted by Gasteiger charge is 2.26. The molecule has 0 spiro atoms. The molecule has 0 aliphatic rings. The molecule has 1 aromatic rings. The Balaban J connectivity index is 2.86. The molecular weight excluding hydrogens is 282 g/mol. The normalized spacial score (nSPS) is 12.7. The standard InChI is InChI=1S/C13H17NO5S/c1-9-5-3-4-6-11(9)7-20(18,19)8-12(13(16)17)14-10(2)15/h3-6,12H,7-8H2,1-2H3,(H,14,15)(H,16,17). The van der Waals surface area contributed by atoms with Crippen molar-refractivity contribution in [3.05, 3.63) is 35.4 Å². The van der Waals surface area contributed by atoms with Gasteiger partial charge in [0, 0.05) is 6.92 Å². The summed E-state index contributed by atoms with van der Waals surface area (Å²) in [6.45, 7) is 2.93. The lowest BCUT2D eigenvalue weighted by molar-refractivity contribution is -0.140. The first-order valence-electron chi connectivity index (χ1n) is 5.96. The first-order valence-corrected chi connectivity index (χ1v) is 7.78. The second-order valence-corrected chi connectivity index (χ2v) is 6.68. The number of carboxylic acid groups (broad SMARTS) is 1. The number of amides is 1. The zero-order valence-corrected chi connectivity index (χ0v) is 12.1. The van der Waals surface area contributed by atoms with Crippen molar-refractivity contribution in [3.8, 4) is 0 Å². The Hall–Kier alpha value is -1.89. The summed E-state index contributed by atoms with van der Waals surface area (Å²) in [7, 11) is -3.64. The SMILES string of the molecule is CC(=O)NC(CS(=O)(=O)Cc1ccccc1C)C(=O)O. The monoisotopic (exact) mass is 299 g/mol. The highest BCUT2D eigenvalue weighted by Crippen LogP contribution is 2.12. The third-order valence-electron chi connectivity index (χ3n) is 2.73. The van der Waals surface area contributed by atoms with Crippen molar-refractivity contribution >= 4 is 21.7 Å². The van der Waals surface area contributed by atoms with Crippen LogP contribution >= 0.6 is 0 Å². The summed E-state index contributed by atoms with van der Waals surface area (Å²) in [5.41, 5.74) is 1.45. The van der Waals surface area contributed by atoms with Gasteiger partial charge in [0.15, 0.2) is 9.84 Å². The van der Waals surface area contributed by atoms with Crippen molar-refractivity contribution in [1.82, 2.24) is 5.32 Å². The van der Waals surface area contributed by atoms with Gasteiger partial charge in [0.1, 0.15) is 6.04 Å². The molecule has 20 heavy (non-hydrogen) atoms. The average molecular weight is 299 g/mol. The molecular formula is C13H17NO5S. The number of nitrogens with one attached hydrogen (secondary N) is 1. The third-order valence-corrected chi connectivity index (χ3v) is 4.32. The summed E-state index contributed by atoms with van der Waals surface area (Å²) >= 11 is 0. The Morgan fingerprint density at radius 1 is 1.30 bits per heavy atom. The number of rotatable bonds is 6. The van der Waals surface area contributed by atoms with Crippen molar-refractivity contribution in [3.63, 3.8) is 0 Å². The number of sulfone groups is 1. The molecule has 6 nitrogen and oxygen atoms in total. The molecule has 1 rings (SSSR count). The molecule has 2 N–H and O–H groups in total. The van der Waals surface area contributed by atoms with Gasteiger partial charge in [0.2, 0.25) is 5.91 Å². The Labute approximate surface area is 117 Å². The summed E-state index contributed by atoms with van der Waals surface area (Å²) < 4.78 is 24.1. The van der Waals surface area contributed by atoms with Crippen molar-refractivity contribution < 1.29 is 23.1 Å². The second-order valence-electron chi connectivity index (χ2n) is 4.57. The van der Waals surface area contributed by atoms with E-state index in [9.17, 15) is 18.0 Å². The van der Waals surface area contributed by atoms with E-state index in [1.54, 1.807) is 31.2 Å². The number of carboxylic acids is 1. The van der Waals surface area contributed by atoms with Crippen LogP contribution in [0.3, 0.4) is 0 Å². The van der Waals surface area contributed by atoms with E-state index in [-0.39, 0.29) is 5.75 Å². The minimum Gasteiger partial charge on any atom is -0.480 e. The van der Waals surface area contributed by atoms with Crippen LogP contribution in [-0.4, -0.2) is 37.2 Å². The lowest BCUT2D eigenvalue weighted by Gasteiger charge is -2.14. The van der Waals surface area contributed by atoms with E-state index >= 15 is 0 Å². The molecule has 0 saturated carbocycles. The van der Waals surface area contributed by atoms with E-state index in [0.29, 0.717) is 5.56 Å². The third kappa shape index (κ3) is 5.00. The topological polar surface area (TPSA) is 101 Å².